The van der Waals surface area contributed by atoms with Crippen LogP contribution >= 0.6 is 0 Å². The zero-order valence-electron chi connectivity index (χ0n) is 9.75. The van der Waals surface area contributed by atoms with Crippen LogP contribution in [0.2, 0.25) is 0 Å². The maximum atomic E-state index is 5.45. The molecule has 86 valence electrons. The smallest absolute Gasteiger partial charge is 0.210 e. The van der Waals surface area contributed by atoms with Crippen molar-refractivity contribution in [3.63, 3.8) is 0 Å². The molecule has 0 radical (unpaired) electrons. The molecule has 0 aromatic heterocycles. The topological polar surface area (TPSA) is 62.4 Å². The van der Waals surface area contributed by atoms with Crippen molar-refractivity contribution in [3.8, 4) is 0 Å². The van der Waals surface area contributed by atoms with E-state index in [0.29, 0.717) is 12.0 Å². The van der Waals surface area contributed by atoms with E-state index in [1.807, 2.05) is 6.07 Å². The van der Waals surface area contributed by atoms with E-state index in [1.54, 1.807) is 0 Å². The molecule has 1 fully saturated rings. The predicted molar refractivity (Wildman–Crippen MR) is 67.3 cm³/mol. The van der Waals surface area contributed by atoms with Crippen LogP contribution in [0, 0.1) is 13.8 Å². The average molecular weight is 218 g/mol. The van der Waals surface area contributed by atoms with Gasteiger partial charge in [0.15, 0.2) is 0 Å². The molecule has 1 aromatic rings. The Balaban J connectivity index is 2.18. The first-order valence-electron chi connectivity index (χ1n) is 5.58. The van der Waals surface area contributed by atoms with Gasteiger partial charge < -0.3 is 5.32 Å². The van der Waals surface area contributed by atoms with Crippen LogP contribution < -0.4 is 16.6 Å². The summed E-state index contributed by atoms with van der Waals surface area (Å²) in [7, 11) is 0. The lowest BCUT2D eigenvalue weighted by molar-refractivity contribution is 0.965. The maximum absolute atomic E-state index is 5.45. The third-order valence-corrected chi connectivity index (χ3v) is 2.72. The van der Waals surface area contributed by atoms with Crippen molar-refractivity contribution >= 4 is 11.6 Å². The highest BCUT2D eigenvalue weighted by Crippen LogP contribution is 2.24. The summed E-state index contributed by atoms with van der Waals surface area (Å²) in [6, 6.07) is 6.63. The highest BCUT2D eigenvalue weighted by molar-refractivity contribution is 5.94. The number of benzene rings is 1. The summed E-state index contributed by atoms with van der Waals surface area (Å²) < 4.78 is 0. The first-order valence-corrected chi connectivity index (χ1v) is 5.58. The van der Waals surface area contributed by atoms with Crippen molar-refractivity contribution in [1.82, 2.24) is 5.43 Å². The highest BCUT2D eigenvalue weighted by atomic mass is 15.3. The molecule has 2 rings (SSSR count). The largest absolute Gasteiger partial charge is 0.325 e. The highest BCUT2D eigenvalue weighted by Gasteiger charge is 2.21. The number of guanidine groups is 1. The van der Waals surface area contributed by atoms with E-state index in [2.05, 4.69) is 41.7 Å². The second-order valence-corrected chi connectivity index (χ2v) is 4.25. The first kappa shape index (κ1) is 11.0. The van der Waals surface area contributed by atoms with Crippen molar-refractivity contribution < 1.29 is 0 Å². The summed E-state index contributed by atoms with van der Waals surface area (Å²) in [4.78, 5) is 4.45. The molecule has 0 bridgehead atoms. The SMILES string of the molecule is Cc1cccc(C)c1NC(=NC1CC1)NN. The zero-order valence-corrected chi connectivity index (χ0v) is 9.75. The van der Waals surface area contributed by atoms with Gasteiger partial charge in [0.2, 0.25) is 5.96 Å². The van der Waals surface area contributed by atoms with Crippen molar-refractivity contribution in [3.05, 3.63) is 29.3 Å². The molecule has 0 atom stereocenters. The van der Waals surface area contributed by atoms with Crippen molar-refractivity contribution in [1.29, 1.82) is 0 Å². The molecule has 1 aliphatic rings. The lowest BCUT2D eigenvalue weighted by Crippen LogP contribution is -2.37. The minimum absolute atomic E-state index is 0.447. The number of nitrogens with zero attached hydrogens (tertiary/aromatic N) is 1. The molecule has 4 N–H and O–H groups in total. The van der Waals surface area contributed by atoms with Gasteiger partial charge in [-0.1, -0.05) is 18.2 Å². The van der Waals surface area contributed by atoms with Crippen LogP contribution in [0.1, 0.15) is 24.0 Å². The molecule has 0 unspecified atom stereocenters. The Morgan fingerprint density at radius 2 is 1.94 bits per heavy atom. The number of nitrogens with one attached hydrogen (secondary N) is 2. The van der Waals surface area contributed by atoms with Crippen LogP contribution in [0.15, 0.2) is 23.2 Å². The van der Waals surface area contributed by atoms with Crippen LogP contribution in [0.4, 0.5) is 5.69 Å². The van der Waals surface area contributed by atoms with Gasteiger partial charge in [-0.15, -0.1) is 0 Å². The molecule has 0 saturated heterocycles. The third-order valence-electron chi connectivity index (χ3n) is 2.72. The van der Waals surface area contributed by atoms with E-state index in [-0.39, 0.29) is 0 Å². The monoisotopic (exact) mass is 218 g/mol. The Morgan fingerprint density at radius 3 is 2.44 bits per heavy atom. The lowest BCUT2D eigenvalue weighted by Gasteiger charge is -2.13. The molecule has 1 saturated carbocycles. The molecular weight excluding hydrogens is 200 g/mol. The zero-order chi connectivity index (χ0) is 11.5. The van der Waals surface area contributed by atoms with Gasteiger partial charge in [0.1, 0.15) is 0 Å². The van der Waals surface area contributed by atoms with Gasteiger partial charge in [-0.05, 0) is 37.8 Å². The minimum Gasteiger partial charge on any atom is -0.325 e. The van der Waals surface area contributed by atoms with Gasteiger partial charge in [-0.3, -0.25) is 5.43 Å². The minimum atomic E-state index is 0.447. The summed E-state index contributed by atoms with van der Waals surface area (Å²) in [5.74, 6) is 6.11. The Morgan fingerprint density at radius 1 is 1.31 bits per heavy atom. The van der Waals surface area contributed by atoms with Crippen LogP contribution in [-0.2, 0) is 0 Å². The Labute approximate surface area is 95.9 Å². The van der Waals surface area contributed by atoms with Crippen LogP contribution in [0.25, 0.3) is 0 Å². The summed E-state index contributed by atoms with van der Waals surface area (Å²) in [6.45, 7) is 4.14. The fourth-order valence-corrected chi connectivity index (χ4v) is 1.62. The number of hydrogen-bond donors (Lipinski definition) is 3. The second-order valence-electron chi connectivity index (χ2n) is 4.25. The van der Waals surface area contributed by atoms with E-state index < -0.39 is 0 Å². The third kappa shape index (κ3) is 2.52. The number of anilines is 1. The summed E-state index contributed by atoms with van der Waals surface area (Å²) in [5.41, 5.74) is 6.08. The van der Waals surface area contributed by atoms with Gasteiger partial charge in [-0.2, -0.15) is 0 Å². The van der Waals surface area contributed by atoms with Crippen molar-refractivity contribution in [2.24, 2.45) is 10.8 Å². The van der Waals surface area contributed by atoms with E-state index >= 15 is 0 Å². The quantitative estimate of drug-likeness (QED) is 0.306. The Kier molecular flexibility index (Phi) is 3.10. The second kappa shape index (κ2) is 4.53. The van der Waals surface area contributed by atoms with Crippen LogP contribution in [0.5, 0.6) is 0 Å². The average Bonchev–Trinajstić information content (AvgIpc) is 3.06. The molecule has 1 aromatic carbocycles. The van der Waals surface area contributed by atoms with Gasteiger partial charge in [0.25, 0.3) is 0 Å². The number of hydrazine groups is 1. The molecular formula is C12H18N4. The molecule has 0 spiro atoms. The van der Waals surface area contributed by atoms with Crippen molar-refractivity contribution in [2.75, 3.05) is 5.32 Å². The number of para-hydroxylation sites is 1. The standard InChI is InChI=1S/C12H18N4/c1-8-4-3-5-9(2)11(8)15-12(16-13)14-10-6-7-10/h3-5,10H,6-7,13H2,1-2H3,(H2,14,15,16). The number of hydrogen-bond acceptors (Lipinski definition) is 2. The summed E-state index contributed by atoms with van der Waals surface area (Å²) in [5, 5.41) is 3.25. The fraction of sp³-hybridized carbons (Fsp3) is 0.417. The van der Waals surface area contributed by atoms with E-state index in [1.165, 1.54) is 24.0 Å². The van der Waals surface area contributed by atoms with Gasteiger partial charge in [0, 0.05) is 5.69 Å². The van der Waals surface area contributed by atoms with E-state index in [4.69, 9.17) is 5.84 Å². The van der Waals surface area contributed by atoms with Gasteiger partial charge in [-0.25, -0.2) is 10.8 Å². The Bertz CT molecular complexity index is 387. The van der Waals surface area contributed by atoms with Crippen LogP contribution in [0.3, 0.4) is 0 Å². The maximum Gasteiger partial charge on any atom is 0.210 e. The number of aliphatic imine (C=N–C) groups is 1. The summed E-state index contributed by atoms with van der Waals surface area (Å²) in [6.07, 6.45) is 2.33. The molecule has 16 heavy (non-hydrogen) atoms. The summed E-state index contributed by atoms with van der Waals surface area (Å²) >= 11 is 0. The number of aryl methyl sites for hydroxylation is 2. The Hall–Kier alpha value is -1.55. The van der Waals surface area contributed by atoms with Crippen molar-refractivity contribution in [2.45, 2.75) is 32.7 Å². The van der Waals surface area contributed by atoms with Gasteiger partial charge >= 0.3 is 0 Å². The number of rotatable bonds is 2. The number of nitrogens with two attached hydrogens (primary N) is 1. The van der Waals surface area contributed by atoms with Crippen LogP contribution in [-0.4, -0.2) is 12.0 Å². The van der Waals surface area contributed by atoms with E-state index in [0.717, 1.165) is 5.69 Å². The molecule has 0 aliphatic heterocycles. The molecule has 1 aliphatic carbocycles. The predicted octanol–water partition coefficient (Wildman–Crippen LogP) is 1.70. The molecule has 0 amide bonds. The first-order chi connectivity index (χ1) is 7.70. The molecule has 0 heterocycles. The fourth-order valence-electron chi connectivity index (χ4n) is 1.62. The molecule has 4 heteroatoms. The molecule has 4 nitrogen and oxygen atoms in total. The normalized spacial score (nSPS) is 16.1. The van der Waals surface area contributed by atoms with E-state index in [9.17, 15) is 0 Å². The van der Waals surface area contributed by atoms with Gasteiger partial charge in [0.05, 0.1) is 6.04 Å². The lowest BCUT2D eigenvalue weighted by atomic mass is 10.1.